The predicted octanol–water partition coefficient (Wildman–Crippen LogP) is -0.398. The normalized spacial score (nSPS) is 10.9. The van der Waals surface area contributed by atoms with Crippen molar-refractivity contribution in [2.75, 3.05) is 6.61 Å². The van der Waals surface area contributed by atoms with Crippen LogP contribution in [0.4, 0.5) is 0 Å². The minimum Gasteiger partial charge on any atom is -0.396 e. The van der Waals surface area contributed by atoms with Gasteiger partial charge in [-0.15, -0.1) is 20.2 Å². The van der Waals surface area contributed by atoms with E-state index in [0.717, 1.165) is 0 Å². The highest BCUT2D eigenvalue weighted by Gasteiger charge is 2.35. The fourth-order valence-corrected chi connectivity index (χ4v) is 0.978. The molecule has 0 saturated carbocycles. The number of aliphatic hydroxyl groups excluding tert-OH is 1. The Morgan fingerprint density at radius 1 is 1.06 bits per heavy atom. The van der Waals surface area contributed by atoms with Gasteiger partial charge in [-0.1, -0.05) is 6.42 Å². The third-order valence-corrected chi connectivity index (χ3v) is 1.59. The monoisotopic (exact) mass is 240 g/mol. The predicted molar refractivity (Wildman–Crippen MR) is 46.7 cm³/mol. The van der Waals surface area contributed by atoms with Gasteiger partial charge in [0.15, 0.2) is 0 Å². The average Bonchev–Trinajstić information content (AvgIpc) is 2.09. The Balaban J connectivity index is 4.18. The fourth-order valence-electron chi connectivity index (χ4n) is 0.978. The SMILES string of the molecule is O=[N+]([O-])OC(O)(CCCCCO)O[N+](=O)[O-]. The van der Waals surface area contributed by atoms with E-state index in [4.69, 9.17) is 5.11 Å². The third kappa shape index (κ3) is 6.73. The van der Waals surface area contributed by atoms with Gasteiger partial charge in [-0.3, -0.25) is 0 Å². The van der Waals surface area contributed by atoms with E-state index in [9.17, 15) is 25.3 Å². The Kier molecular flexibility index (Phi) is 6.03. The molecule has 94 valence electrons. The van der Waals surface area contributed by atoms with Gasteiger partial charge < -0.3 is 10.2 Å². The van der Waals surface area contributed by atoms with Crippen LogP contribution in [0.1, 0.15) is 25.7 Å². The first-order valence-corrected chi connectivity index (χ1v) is 4.40. The first-order chi connectivity index (χ1) is 7.39. The van der Waals surface area contributed by atoms with Crippen LogP contribution in [-0.2, 0) is 9.68 Å². The lowest BCUT2D eigenvalue weighted by atomic mass is 10.2. The van der Waals surface area contributed by atoms with Crippen LogP contribution >= 0.6 is 0 Å². The summed E-state index contributed by atoms with van der Waals surface area (Å²) in [5, 5.41) is 34.9. The minimum absolute atomic E-state index is 0.0788. The highest BCUT2D eigenvalue weighted by atomic mass is 17.1. The summed E-state index contributed by atoms with van der Waals surface area (Å²) in [6.07, 6.45) is 0.543. The van der Waals surface area contributed by atoms with E-state index in [1.54, 1.807) is 0 Å². The molecule has 0 saturated heterocycles. The number of hydrogen-bond acceptors (Lipinski definition) is 8. The van der Waals surface area contributed by atoms with Crippen molar-refractivity contribution >= 4 is 0 Å². The molecule has 2 N–H and O–H groups in total. The number of aliphatic hydroxyl groups is 2. The molecule has 0 amide bonds. The molecule has 0 unspecified atom stereocenters. The van der Waals surface area contributed by atoms with Crippen LogP contribution < -0.4 is 0 Å². The summed E-state index contributed by atoms with van der Waals surface area (Å²) in [4.78, 5) is 27.3. The van der Waals surface area contributed by atoms with Crippen molar-refractivity contribution in [3.63, 3.8) is 0 Å². The molecule has 0 fully saturated rings. The summed E-state index contributed by atoms with van der Waals surface area (Å²) in [5.74, 6) is -2.89. The minimum atomic E-state index is -2.89. The Morgan fingerprint density at radius 2 is 1.56 bits per heavy atom. The van der Waals surface area contributed by atoms with Crippen LogP contribution in [0.15, 0.2) is 0 Å². The van der Waals surface area contributed by atoms with Crippen LogP contribution in [0.3, 0.4) is 0 Å². The van der Waals surface area contributed by atoms with E-state index in [2.05, 4.69) is 9.68 Å². The van der Waals surface area contributed by atoms with Crippen molar-refractivity contribution in [3.8, 4) is 0 Å². The van der Waals surface area contributed by atoms with Gasteiger partial charge >= 0.3 is 5.97 Å². The lowest BCUT2D eigenvalue weighted by molar-refractivity contribution is -0.894. The largest absolute Gasteiger partial charge is 0.396 e. The molecule has 0 spiro atoms. The van der Waals surface area contributed by atoms with Crippen molar-refractivity contribution in [1.29, 1.82) is 0 Å². The molecular weight excluding hydrogens is 228 g/mol. The van der Waals surface area contributed by atoms with Crippen LogP contribution in [0.2, 0.25) is 0 Å². The topological polar surface area (TPSA) is 145 Å². The summed E-state index contributed by atoms with van der Waals surface area (Å²) in [7, 11) is 0. The van der Waals surface area contributed by atoms with E-state index in [1.807, 2.05) is 0 Å². The van der Waals surface area contributed by atoms with Crippen LogP contribution in [0.25, 0.3) is 0 Å². The van der Waals surface area contributed by atoms with Gasteiger partial charge in [0.05, 0.1) is 0 Å². The van der Waals surface area contributed by atoms with Gasteiger partial charge in [-0.05, 0) is 12.8 Å². The summed E-state index contributed by atoms with van der Waals surface area (Å²) >= 11 is 0. The molecule has 10 nitrogen and oxygen atoms in total. The smallest absolute Gasteiger partial charge is 0.364 e. The van der Waals surface area contributed by atoms with Crippen molar-refractivity contribution < 1.29 is 30.1 Å². The standard InChI is InChI=1S/C6H12N2O8/c9-5-3-1-2-4-6(10,15-7(11)12)16-8(13)14/h9-10H,1-5H2. The van der Waals surface area contributed by atoms with Crippen molar-refractivity contribution in [2.24, 2.45) is 0 Å². The zero-order valence-electron chi connectivity index (χ0n) is 8.27. The Bertz CT molecular complexity index is 229. The van der Waals surface area contributed by atoms with E-state index in [-0.39, 0.29) is 13.0 Å². The van der Waals surface area contributed by atoms with Crippen LogP contribution in [0, 0.1) is 20.2 Å². The summed E-state index contributed by atoms with van der Waals surface area (Å²) in [6, 6.07) is 0. The first-order valence-electron chi connectivity index (χ1n) is 4.40. The Morgan fingerprint density at radius 3 is 1.94 bits per heavy atom. The van der Waals surface area contributed by atoms with E-state index >= 15 is 0 Å². The van der Waals surface area contributed by atoms with Gasteiger partial charge in [-0.25, -0.2) is 9.68 Å². The molecule has 0 rings (SSSR count). The Hall–Kier alpha value is -1.68. The van der Waals surface area contributed by atoms with Crippen LogP contribution in [0.5, 0.6) is 0 Å². The molecular formula is C6H12N2O8. The summed E-state index contributed by atoms with van der Waals surface area (Å²) in [5.41, 5.74) is 0. The molecule has 0 aromatic carbocycles. The van der Waals surface area contributed by atoms with Crippen molar-refractivity contribution in [2.45, 2.75) is 31.7 Å². The molecule has 0 aromatic heterocycles. The molecule has 16 heavy (non-hydrogen) atoms. The van der Waals surface area contributed by atoms with E-state index in [1.165, 1.54) is 0 Å². The van der Waals surface area contributed by atoms with Crippen molar-refractivity contribution in [3.05, 3.63) is 20.2 Å². The number of nitrogens with zero attached hydrogens (tertiary/aromatic N) is 2. The number of rotatable bonds is 9. The van der Waals surface area contributed by atoms with Gasteiger partial charge in [0.1, 0.15) is 0 Å². The molecule has 0 bridgehead atoms. The van der Waals surface area contributed by atoms with Gasteiger partial charge in [-0.2, -0.15) is 0 Å². The fraction of sp³-hybridized carbons (Fsp3) is 1.00. The second-order valence-electron chi connectivity index (χ2n) is 2.88. The highest BCUT2D eigenvalue weighted by molar-refractivity contribution is 4.51. The number of unbranched alkanes of at least 4 members (excludes halogenated alkanes) is 2. The lowest BCUT2D eigenvalue weighted by Crippen LogP contribution is -2.39. The maximum Gasteiger partial charge on any atom is 0.364 e. The first kappa shape index (κ1) is 14.3. The molecule has 0 aliphatic heterocycles. The second-order valence-corrected chi connectivity index (χ2v) is 2.88. The summed E-state index contributed by atoms with van der Waals surface area (Å²) in [6.45, 7) is -0.0788. The highest BCUT2D eigenvalue weighted by Crippen LogP contribution is 2.18. The molecule has 0 atom stereocenters. The van der Waals surface area contributed by atoms with Gasteiger partial charge in [0.25, 0.3) is 10.2 Å². The molecule has 0 aliphatic rings. The maximum absolute atomic E-state index is 9.97. The molecule has 0 radical (unpaired) electrons. The maximum atomic E-state index is 9.97. The van der Waals surface area contributed by atoms with Gasteiger partial charge in [0.2, 0.25) is 0 Å². The second kappa shape index (κ2) is 6.74. The van der Waals surface area contributed by atoms with E-state index in [0.29, 0.717) is 12.8 Å². The average molecular weight is 240 g/mol. The quantitative estimate of drug-likeness (QED) is 0.239. The molecule has 0 heterocycles. The van der Waals surface area contributed by atoms with Gasteiger partial charge in [0, 0.05) is 13.0 Å². The number of hydrogen-bond donors (Lipinski definition) is 2. The van der Waals surface area contributed by atoms with Crippen molar-refractivity contribution in [1.82, 2.24) is 0 Å². The zero-order chi connectivity index (χ0) is 12.6. The third-order valence-electron chi connectivity index (χ3n) is 1.59. The van der Waals surface area contributed by atoms with E-state index < -0.39 is 22.6 Å². The Labute approximate surface area is 89.6 Å². The summed E-state index contributed by atoms with van der Waals surface area (Å²) < 4.78 is 0. The lowest BCUT2D eigenvalue weighted by Gasteiger charge is -2.21. The van der Waals surface area contributed by atoms with Crippen LogP contribution in [-0.4, -0.2) is 33.0 Å². The molecule has 10 heteroatoms. The zero-order valence-corrected chi connectivity index (χ0v) is 8.27. The molecule has 0 aromatic rings. The molecule has 0 aliphatic carbocycles.